The quantitative estimate of drug-likeness (QED) is 0.621. The predicted molar refractivity (Wildman–Crippen MR) is 104 cm³/mol. The molecule has 6 nitrogen and oxygen atoms in total. The molecular formula is C21H20F3N3O3. The van der Waals surface area contributed by atoms with Crippen LogP contribution in [0.1, 0.15) is 28.7 Å². The molecule has 0 unspecified atom stereocenters. The number of benzene rings is 1. The summed E-state index contributed by atoms with van der Waals surface area (Å²) in [6.45, 7) is 1.79. The van der Waals surface area contributed by atoms with E-state index in [0.717, 1.165) is 12.1 Å². The number of hydrogen-bond donors (Lipinski definition) is 1. The molecule has 0 spiro atoms. The minimum Gasteiger partial charge on any atom is -0.464 e. The number of nitrogens with zero attached hydrogens (tertiary/aromatic N) is 2. The Morgan fingerprint density at radius 1 is 1.20 bits per heavy atom. The number of amides is 1. The van der Waals surface area contributed by atoms with Gasteiger partial charge in [0.2, 0.25) is 0 Å². The van der Waals surface area contributed by atoms with Crippen molar-refractivity contribution in [2.75, 3.05) is 6.61 Å². The van der Waals surface area contributed by atoms with Crippen molar-refractivity contribution in [1.82, 2.24) is 14.9 Å². The number of carbonyl (C=O) groups is 2. The Hall–Kier alpha value is -3.36. The number of hydrogen-bond acceptors (Lipinski definition) is 4. The van der Waals surface area contributed by atoms with Crippen LogP contribution < -0.4 is 5.32 Å². The molecule has 2 heterocycles. The molecule has 0 aliphatic heterocycles. The minimum absolute atomic E-state index is 0.119. The second-order valence-electron chi connectivity index (χ2n) is 6.66. The fraction of sp³-hybridized carbons (Fsp3) is 0.286. The maximum absolute atomic E-state index is 13.0. The maximum Gasteiger partial charge on any atom is 0.416 e. The Morgan fingerprint density at radius 3 is 2.60 bits per heavy atom. The van der Waals surface area contributed by atoms with Crippen molar-refractivity contribution in [1.29, 1.82) is 0 Å². The molecule has 0 saturated heterocycles. The predicted octanol–water partition coefficient (Wildman–Crippen LogP) is 3.50. The number of aryl methyl sites for hydroxylation is 1. The van der Waals surface area contributed by atoms with E-state index in [2.05, 4.69) is 10.3 Å². The molecule has 0 bridgehead atoms. The minimum atomic E-state index is -4.48. The molecule has 0 aliphatic rings. The molecule has 2 aromatic heterocycles. The number of alkyl halides is 3. The first-order valence-corrected chi connectivity index (χ1v) is 9.24. The number of ether oxygens (including phenoxy) is 1. The summed E-state index contributed by atoms with van der Waals surface area (Å²) < 4.78 is 45.5. The fourth-order valence-electron chi connectivity index (χ4n) is 3.14. The Kier molecular flexibility index (Phi) is 6.09. The van der Waals surface area contributed by atoms with E-state index in [9.17, 15) is 22.8 Å². The van der Waals surface area contributed by atoms with Gasteiger partial charge in [0.1, 0.15) is 11.7 Å². The third kappa shape index (κ3) is 4.61. The molecular weight excluding hydrogens is 399 g/mol. The van der Waals surface area contributed by atoms with Gasteiger partial charge in [0.05, 0.1) is 12.2 Å². The van der Waals surface area contributed by atoms with Crippen LogP contribution in [0, 0.1) is 0 Å². The second-order valence-corrected chi connectivity index (χ2v) is 6.66. The maximum atomic E-state index is 13.0. The first kappa shape index (κ1) is 21.4. The monoisotopic (exact) mass is 419 g/mol. The lowest BCUT2D eigenvalue weighted by Gasteiger charge is -2.17. The van der Waals surface area contributed by atoms with E-state index in [0.29, 0.717) is 11.2 Å². The van der Waals surface area contributed by atoms with Crippen LogP contribution in [-0.4, -0.2) is 34.1 Å². The number of aromatic nitrogens is 2. The van der Waals surface area contributed by atoms with Crippen molar-refractivity contribution in [3.63, 3.8) is 0 Å². The van der Waals surface area contributed by atoms with Crippen LogP contribution >= 0.6 is 0 Å². The Morgan fingerprint density at radius 2 is 1.97 bits per heavy atom. The lowest BCUT2D eigenvalue weighted by Crippen LogP contribution is -2.44. The smallest absolute Gasteiger partial charge is 0.416 e. The van der Waals surface area contributed by atoms with E-state index >= 15 is 0 Å². The van der Waals surface area contributed by atoms with Gasteiger partial charge in [-0.2, -0.15) is 13.2 Å². The molecule has 9 heteroatoms. The van der Waals surface area contributed by atoms with Crippen LogP contribution in [0.3, 0.4) is 0 Å². The average Bonchev–Trinajstić information content (AvgIpc) is 3.04. The van der Waals surface area contributed by atoms with E-state index in [1.54, 1.807) is 38.4 Å². The van der Waals surface area contributed by atoms with E-state index in [-0.39, 0.29) is 24.1 Å². The van der Waals surface area contributed by atoms with Crippen molar-refractivity contribution >= 4 is 22.8 Å². The van der Waals surface area contributed by atoms with Crippen molar-refractivity contribution in [3.8, 4) is 0 Å². The van der Waals surface area contributed by atoms with Crippen LogP contribution in [0.15, 0.2) is 48.7 Å². The summed E-state index contributed by atoms with van der Waals surface area (Å²) in [5, 5.41) is 2.89. The summed E-state index contributed by atoms with van der Waals surface area (Å²) in [5.74, 6) is -1.22. The van der Waals surface area contributed by atoms with Gasteiger partial charge in [-0.05, 0) is 43.3 Å². The number of pyridine rings is 1. The van der Waals surface area contributed by atoms with Crippen LogP contribution in [0.2, 0.25) is 0 Å². The van der Waals surface area contributed by atoms with Gasteiger partial charge < -0.3 is 14.6 Å². The normalized spacial score (nSPS) is 12.6. The van der Waals surface area contributed by atoms with Crippen molar-refractivity contribution in [2.24, 2.45) is 7.05 Å². The fourth-order valence-corrected chi connectivity index (χ4v) is 3.14. The molecule has 0 radical (unpaired) electrons. The number of halogens is 3. The first-order valence-electron chi connectivity index (χ1n) is 9.24. The Bertz CT molecular complexity index is 1060. The van der Waals surface area contributed by atoms with E-state index in [1.807, 2.05) is 0 Å². The zero-order valence-corrected chi connectivity index (χ0v) is 16.4. The van der Waals surface area contributed by atoms with Gasteiger partial charge in [0.15, 0.2) is 0 Å². The van der Waals surface area contributed by atoms with E-state index in [1.165, 1.54) is 16.7 Å². The molecule has 1 aromatic carbocycles. The molecule has 0 fully saturated rings. The SMILES string of the molecule is CCOC(=O)[C@H](Cc1ccccn1)NC(=O)c1cc2cc(C(F)(F)F)ccc2n1C. The lowest BCUT2D eigenvalue weighted by molar-refractivity contribution is -0.145. The van der Waals surface area contributed by atoms with E-state index in [4.69, 9.17) is 4.74 Å². The number of nitrogens with one attached hydrogen (secondary N) is 1. The molecule has 0 saturated carbocycles. The summed E-state index contributed by atoms with van der Waals surface area (Å²) in [5.41, 5.74) is 0.375. The molecule has 1 amide bonds. The van der Waals surface area contributed by atoms with Gasteiger partial charge in [0, 0.05) is 36.3 Å². The lowest BCUT2D eigenvalue weighted by atomic mass is 10.1. The topological polar surface area (TPSA) is 73.2 Å². The van der Waals surface area contributed by atoms with Gasteiger partial charge in [-0.1, -0.05) is 6.07 Å². The first-order chi connectivity index (χ1) is 14.2. The highest BCUT2D eigenvalue weighted by Crippen LogP contribution is 2.32. The number of carbonyl (C=O) groups excluding carboxylic acids is 2. The van der Waals surface area contributed by atoms with Gasteiger partial charge in [-0.15, -0.1) is 0 Å². The summed E-state index contributed by atoms with van der Waals surface area (Å²) >= 11 is 0. The molecule has 3 rings (SSSR count). The van der Waals surface area contributed by atoms with Crippen LogP contribution in [0.5, 0.6) is 0 Å². The molecule has 158 valence electrons. The Labute approximate surface area is 170 Å². The van der Waals surface area contributed by atoms with E-state index < -0.39 is 29.7 Å². The van der Waals surface area contributed by atoms with Crippen molar-refractivity contribution < 1.29 is 27.5 Å². The number of fused-ring (bicyclic) bond motifs is 1. The molecule has 1 N–H and O–H groups in total. The van der Waals surface area contributed by atoms with Crippen molar-refractivity contribution in [2.45, 2.75) is 25.6 Å². The summed E-state index contributed by atoms with van der Waals surface area (Å²) in [6, 6.07) is 8.84. The molecule has 3 aromatic rings. The van der Waals surface area contributed by atoms with Crippen LogP contribution in [0.4, 0.5) is 13.2 Å². The summed E-state index contributed by atoms with van der Waals surface area (Å²) in [6.07, 6.45) is -2.79. The number of rotatable bonds is 6. The highest BCUT2D eigenvalue weighted by molar-refractivity contribution is 6.00. The highest BCUT2D eigenvalue weighted by atomic mass is 19.4. The van der Waals surface area contributed by atoms with Crippen LogP contribution in [0.25, 0.3) is 10.9 Å². The summed E-state index contributed by atoms with van der Waals surface area (Å²) in [4.78, 5) is 29.3. The number of esters is 1. The zero-order valence-electron chi connectivity index (χ0n) is 16.4. The standard InChI is InChI=1S/C21H20F3N3O3/c1-3-30-20(29)16(12-15-6-4-5-9-25-15)26-19(28)18-11-13-10-14(21(22,23)24)7-8-17(13)27(18)2/h4-11,16H,3,12H2,1-2H3,(H,26,28)/t16-/m0/s1. The third-order valence-electron chi connectivity index (χ3n) is 4.62. The largest absolute Gasteiger partial charge is 0.464 e. The zero-order chi connectivity index (χ0) is 21.9. The second kappa shape index (κ2) is 8.56. The van der Waals surface area contributed by atoms with Crippen LogP contribution in [-0.2, 0) is 29.2 Å². The molecule has 1 atom stereocenters. The van der Waals surface area contributed by atoms with Crippen molar-refractivity contribution in [3.05, 3.63) is 65.6 Å². The third-order valence-corrected chi connectivity index (χ3v) is 4.62. The Balaban J connectivity index is 1.88. The van der Waals surface area contributed by atoms with Gasteiger partial charge in [0.25, 0.3) is 5.91 Å². The highest BCUT2D eigenvalue weighted by Gasteiger charge is 2.31. The average molecular weight is 419 g/mol. The molecule has 30 heavy (non-hydrogen) atoms. The summed E-state index contributed by atoms with van der Waals surface area (Å²) in [7, 11) is 1.57. The van der Waals surface area contributed by atoms with Gasteiger partial charge >= 0.3 is 12.1 Å². The molecule has 0 aliphatic carbocycles. The van der Waals surface area contributed by atoms with Gasteiger partial charge in [-0.3, -0.25) is 9.78 Å². The van der Waals surface area contributed by atoms with Gasteiger partial charge in [-0.25, -0.2) is 4.79 Å².